The highest BCUT2D eigenvalue weighted by molar-refractivity contribution is 5.86. The molecule has 5 heteroatoms. The minimum absolute atomic E-state index is 0.0497. The van der Waals surface area contributed by atoms with Gasteiger partial charge in [-0.25, -0.2) is 0 Å². The number of hydrogen-bond acceptors (Lipinski definition) is 4. The van der Waals surface area contributed by atoms with E-state index >= 15 is 0 Å². The van der Waals surface area contributed by atoms with Crippen LogP contribution >= 0.6 is 0 Å². The van der Waals surface area contributed by atoms with Crippen LogP contribution in [0.3, 0.4) is 0 Å². The Labute approximate surface area is 133 Å². The summed E-state index contributed by atoms with van der Waals surface area (Å²) in [6, 6.07) is 0.315. The quantitative estimate of drug-likeness (QED) is 0.859. The van der Waals surface area contributed by atoms with Crippen LogP contribution in [0, 0.1) is 5.41 Å². The van der Waals surface area contributed by atoms with Gasteiger partial charge in [0.05, 0.1) is 18.8 Å². The Kier molecular flexibility index (Phi) is 4.97. The lowest BCUT2D eigenvalue weighted by Gasteiger charge is -2.45. The molecule has 0 spiro atoms. The minimum Gasteiger partial charge on any atom is -0.375 e. The van der Waals surface area contributed by atoms with Crippen LogP contribution in [-0.2, 0) is 14.3 Å². The summed E-state index contributed by atoms with van der Waals surface area (Å²) in [4.78, 5) is 25.9. The summed E-state index contributed by atoms with van der Waals surface area (Å²) in [6.07, 6.45) is 1.79. The van der Waals surface area contributed by atoms with Crippen molar-refractivity contribution in [3.63, 3.8) is 0 Å². The van der Waals surface area contributed by atoms with Crippen LogP contribution in [0.5, 0.6) is 0 Å². The number of hydrogen-bond donors (Lipinski definition) is 1. The second kappa shape index (κ2) is 6.28. The van der Waals surface area contributed by atoms with Gasteiger partial charge >= 0.3 is 0 Å². The van der Waals surface area contributed by atoms with Crippen LogP contribution in [0.25, 0.3) is 0 Å². The summed E-state index contributed by atoms with van der Waals surface area (Å²) in [5, 5.41) is 3.56. The van der Waals surface area contributed by atoms with Crippen molar-refractivity contribution in [1.82, 2.24) is 10.2 Å². The lowest BCUT2D eigenvalue weighted by molar-refractivity contribution is -0.151. The van der Waals surface area contributed by atoms with E-state index in [1.54, 1.807) is 0 Å². The van der Waals surface area contributed by atoms with Crippen molar-refractivity contribution in [2.45, 2.75) is 71.6 Å². The molecule has 0 aliphatic carbocycles. The number of piperidine rings is 1. The molecule has 22 heavy (non-hydrogen) atoms. The summed E-state index contributed by atoms with van der Waals surface area (Å²) < 4.78 is 5.69. The van der Waals surface area contributed by atoms with E-state index in [0.717, 1.165) is 0 Å². The molecule has 2 atom stereocenters. The van der Waals surface area contributed by atoms with Crippen LogP contribution in [0.4, 0.5) is 0 Å². The van der Waals surface area contributed by atoms with Gasteiger partial charge in [0.2, 0.25) is 5.91 Å². The Balaban J connectivity index is 1.90. The Bertz CT molecular complexity index is 430. The van der Waals surface area contributed by atoms with E-state index in [2.05, 4.69) is 26.1 Å². The first kappa shape index (κ1) is 17.4. The average Bonchev–Trinajstić information content (AvgIpc) is 2.40. The molecule has 0 bridgehead atoms. The molecule has 2 fully saturated rings. The van der Waals surface area contributed by atoms with Gasteiger partial charge in [-0.1, -0.05) is 13.8 Å². The maximum atomic E-state index is 12.7. The largest absolute Gasteiger partial charge is 0.375 e. The monoisotopic (exact) mass is 310 g/mol. The molecule has 0 saturated carbocycles. The Hall–Kier alpha value is -0.940. The van der Waals surface area contributed by atoms with Crippen molar-refractivity contribution in [2.24, 2.45) is 5.41 Å². The Morgan fingerprint density at radius 3 is 2.27 bits per heavy atom. The highest BCUT2D eigenvalue weighted by Crippen LogP contribution is 2.32. The maximum Gasteiger partial charge on any atom is 0.228 e. The fourth-order valence-corrected chi connectivity index (χ4v) is 3.20. The van der Waals surface area contributed by atoms with Gasteiger partial charge in [0.15, 0.2) is 0 Å². The van der Waals surface area contributed by atoms with Crippen LogP contribution in [-0.4, -0.2) is 54.0 Å². The number of Topliss-reactive ketones (excluding diaryl/α,β-unsaturated/α-hetero) is 1. The molecule has 2 unspecified atom stereocenters. The van der Waals surface area contributed by atoms with E-state index in [1.165, 1.54) is 0 Å². The normalized spacial score (nSPS) is 26.8. The van der Waals surface area contributed by atoms with Gasteiger partial charge in [-0.3, -0.25) is 9.59 Å². The van der Waals surface area contributed by atoms with Gasteiger partial charge in [-0.2, -0.15) is 0 Å². The SMILES string of the molecule is CC(C)(C)NC1COC1CC(C)(C)C(=O)N1CCC(=O)CC1. The molecule has 2 rings (SSSR count). The molecule has 0 radical (unpaired) electrons. The molecule has 0 aromatic carbocycles. The first-order valence-electron chi connectivity index (χ1n) is 8.29. The predicted octanol–water partition coefficient (Wildman–Crippen LogP) is 1.75. The van der Waals surface area contributed by atoms with Crippen LogP contribution in [0.1, 0.15) is 53.9 Å². The number of rotatable bonds is 4. The molecule has 126 valence electrons. The maximum absolute atomic E-state index is 12.7. The van der Waals surface area contributed by atoms with E-state index in [9.17, 15) is 9.59 Å². The molecule has 1 N–H and O–H groups in total. The number of ketones is 1. The number of likely N-dealkylation sites (tertiary alicyclic amines) is 1. The van der Waals surface area contributed by atoms with Gasteiger partial charge in [0, 0.05) is 36.9 Å². The summed E-state index contributed by atoms with van der Waals surface area (Å²) in [6.45, 7) is 12.2. The second-order valence-corrected chi connectivity index (χ2v) is 8.29. The van der Waals surface area contributed by atoms with Crippen molar-refractivity contribution in [2.75, 3.05) is 19.7 Å². The number of nitrogens with zero attached hydrogens (tertiary/aromatic N) is 1. The lowest BCUT2D eigenvalue weighted by atomic mass is 9.81. The van der Waals surface area contributed by atoms with Crippen LogP contribution < -0.4 is 5.32 Å². The standard InChI is InChI=1S/C17H30N2O3/c1-16(2,3)18-13-11-22-14(13)10-17(4,5)15(21)19-8-6-12(20)7-9-19/h13-14,18H,6-11H2,1-5H3. The third kappa shape index (κ3) is 4.29. The lowest BCUT2D eigenvalue weighted by Crippen LogP contribution is -2.61. The molecular weight excluding hydrogens is 280 g/mol. The molecule has 2 heterocycles. The zero-order valence-corrected chi connectivity index (χ0v) is 14.6. The van der Waals surface area contributed by atoms with Crippen molar-refractivity contribution >= 4 is 11.7 Å². The molecule has 5 nitrogen and oxygen atoms in total. The van der Waals surface area contributed by atoms with E-state index in [4.69, 9.17) is 4.74 Å². The van der Waals surface area contributed by atoms with E-state index in [1.807, 2.05) is 18.7 Å². The predicted molar refractivity (Wildman–Crippen MR) is 85.6 cm³/mol. The van der Waals surface area contributed by atoms with Crippen molar-refractivity contribution in [3.05, 3.63) is 0 Å². The third-order valence-corrected chi connectivity index (χ3v) is 4.46. The molecule has 2 aliphatic heterocycles. The summed E-state index contributed by atoms with van der Waals surface area (Å²) in [5.74, 6) is 0.406. The van der Waals surface area contributed by atoms with Crippen LogP contribution in [0.15, 0.2) is 0 Å². The van der Waals surface area contributed by atoms with Gasteiger partial charge in [-0.15, -0.1) is 0 Å². The number of carbonyl (C=O) groups is 2. The van der Waals surface area contributed by atoms with E-state index in [-0.39, 0.29) is 23.3 Å². The zero-order valence-electron chi connectivity index (χ0n) is 14.6. The molecule has 0 aromatic heterocycles. The van der Waals surface area contributed by atoms with Gasteiger partial charge in [0.25, 0.3) is 0 Å². The van der Waals surface area contributed by atoms with Crippen molar-refractivity contribution in [3.8, 4) is 0 Å². The molecular formula is C17H30N2O3. The average molecular weight is 310 g/mol. The second-order valence-electron chi connectivity index (χ2n) is 8.29. The fraction of sp³-hybridized carbons (Fsp3) is 0.882. The fourth-order valence-electron chi connectivity index (χ4n) is 3.20. The summed E-state index contributed by atoms with van der Waals surface area (Å²) in [5.41, 5.74) is -0.405. The molecule has 0 aromatic rings. The van der Waals surface area contributed by atoms with Gasteiger partial charge < -0.3 is 15.0 Å². The van der Waals surface area contributed by atoms with Gasteiger partial charge in [-0.05, 0) is 27.2 Å². The highest BCUT2D eigenvalue weighted by atomic mass is 16.5. The number of amides is 1. The molecule has 2 saturated heterocycles. The van der Waals surface area contributed by atoms with Crippen LogP contribution in [0.2, 0.25) is 0 Å². The minimum atomic E-state index is -0.455. The third-order valence-electron chi connectivity index (χ3n) is 4.46. The number of carbonyl (C=O) groups excluding carboxylic acids is 2. The zero-order chi connectivity index (χ0) is 16.5. The Morgan fingerprint density at radius 1 is 1.23 bits per heavy atom. The topological polar surface area (TPSA) is 58.6 Å². The van der Waals surface area contributed by atoms with Gasteiger partial charge in [0.1, 0.15) is 5.78 Å². The molecule has 1 amide bonds. The number of ether oxygens (including phenoxy) is 1. The van der Waals surface area contributed by atoms with E-state index < -0.39 is 5.41 Å². The van der Waals surface area contributed by atoms with Crippen molar-refractivity contribution < 1.29 is 14.3 Å². The smallest absolute Gasteiger partial charge is 0.228 e. The first-order valence-corrected chi connectivity index (χ1v) is 8.29. The Morgan fingerprint density at radius 2 is 1.82 bits per heavy atom. The summed E-state index contributed by atoms with van der Waals surface area (Å²) in [7, 11) is 0. The highest BCUT2D eigenvalue weighted by Gasteiger charge is 2.42. The van der Waals surface area contributed by atoms with Crippen molar-refractivity contribution in [1.29, 1.82) is 0 Å². The first-order chi connectivity index (χ1) is 10.1. The number of nitrogens with one attached hydrogen (secondary N) is 1. The summed E-state index contributed by atoms with van der Waals surface area (Å²) >= 11 is 0. The molecule has 2 aliphatic rings. The van der Waals surface area contributed by atoms with E-state index in [0.29, 0.717) is 45.0 Å².